The minimum absolute atomic E-state index is 0.337. The molecule has 0 aromatic carbocycles. The second kappa shape index (κ2) is 4.25. The highest BCUT2D eigenvalue weighted by Gasteiger charge is 2.24. The fourth-order valence-corrected chi connectivity index (χ4v) is 2.69. The molecule has 1 N–H and O–H groups in total. The molecule has 3 heterocycles. The van der Waals surface area contributed by atoms with Crippen molar-refractivity contribution in [2.45, 2.75) is 0 Å². The van der Waals surface area contributed by atoms with E-state index >= 15 is 0 Å². The van der Waals surface area contributed by atoms with E-state index in [0.29, 0.717) is 4.91 Å². The van der Waals surface area contributed by atoms with Crippen LogP contribution in [0, 0.1) is 0 Å². The number of nitrogens with one attached hydrogen (secondary N) is 1. The summed E-state index contributed by atoms with van der Waals surface area (Å²) >= 11 is 4.28. The van der Waals surface area contributed by atoms with Gasteiger partial charge < -0.3 is 0 Å². The lowest BCUT2D eigenvalue weighted by atomic mass is 10.2. The maximum Gasteiger partial charge on any atom is 0.290 e. The Morgan fingerprint density at radius 3 is 2.94 bits per heavy atom. The summed E-state index contributed by atoms with van der Waals surface area (Å²) in [4.78, 5) is 27.0. The van der Waals surface area contributed by atoms with E-state index in [-0.39, 0.29) is 11.1 Å². The molecule has 0 bridgehead atoms. The van der Waals surface area contributed by atoms with Gasteiger partial charge >= 0.3 is 0 Å². The van der Waals surface area contributed by atoms with Gasteiger partial charge in [0.15, 0.2) is 0 Å². The van der Waals surface area contributed by atoms with E-state index < -0.39 is 0 Å². The molecular formula is C11H6BrN3O2S. The maximum absolute atomic E-state index is 11.4. The third-order valence-corrected chi connectivity index (χ3v) is 3.82. The van der Waals surface area contributed by atoms with Crippen LogP contribution in [0.2, 0.25) is 0 Å². The van der Waals surface area contributed by atoms with Crippen molar-refractivity contribution in [3.8, 4) is 0 Å². The number of imidazole rings is 1. The Kier molecular flexibility index (Phi) is 2.71. The van der Waals surface area contributed by atoms with Crippen molar-refractivity contribution in [2.75, 3.05) is 0 Å². The first-order valence-electron chi connectivity index (χ1n) is 5.01. The largest absolute Gasteiger partial charge is 0.294 e. The minimum atomic E-state index is -0.352. The van der Waals surface area contributed by atoms with Crippen molar-refractivity contribution in [2.24, 2.45) is 0 Å². The van der Waals surface area contributed by atoms with E-state index in [1.807, 2.05) is 22.7 Å². The number of fused-ring (bicyclic) bond motifs is 1. The molecule has 0 saturated carbocycles. The fraction of sp³-hybridized carbons (Fsp3) is 0. The molecule has 5 nitrogen and oxygen atoms in total. The molecule has 1 saturated heterocycles. The quantitative estimate of drug-likeness (QED) is 0.819. The van der Waals surface area contributed by atoms with E-state index in [1.54, 1.807) is 12.3 Å². The first kappa shape index (κ1) is 11.5. The van der Waals surface area contributed by atoms with Gasteiger partial charge in [-0.25, -0.2) is 4.98 Å². The zero-order valence-corrected chi connectivity index (χ0v) is 11.3. The molecule has 0 unspecified atom stereocenters. The maximum atomic E-state index is 11.4. The summed E-state index contributed by atoms with van der Waals surface area (Å²) in [6.07, 6.45) is 5.22. The van der Waals surface area contributed by atoms with Crippen LogP contribution in [0.5, 0.6) is 0 Å². The first-order chi connectivity index (χ1) is 8.63. The molecule has 0 radical (unpaired) electrons. The Balaban J connectivity index is 2.04. The number of thioether (sulfide) groups is 1. The second-order valence-electron chi connectivity index (χ2n) is 3.62. The number of nitrogens with zero attached hydrogens (tertiary/aromatic N) is 2. The second-order valence-corrected chi connectivity index (χ2v) is 5.45. The van der Waals surface area contributed by atoms with Crippen molar-refractivity contribution < 1.29 is 9.59 Å². The molecule has 2 aromatic heterocycles. The molecular weight excluding hydrogens is 318 g/mol. The molecule has 18 heavy (non-hydrogen) atoms. The van der Waals surface area contributed by atoms with Crippen molar-refractivity contribution in [3.05, 3.63) is 39.6 Å². The van der Waals surface area contributed by atoms with Crippen LogP contribution < -0.4 is 5.32 Å². The topological polar surface area (TPSA) is 63.5 Å². The number of halogens is 1. The predicted molar refractivity (Wildman–Crippen MR) is 72.0 cm³/mol. The van der Waals surface area contributed by atoms with Gasteiger partial charge in [0.2, 0.25) is 0 Å². The van der Waals surface area contributed by atoms with E-state index in [0.717, 1.165) is 27.6 Å². The first-order valence-corrected chi connectivity index (χ1v) is 6.62. The lowest BCUT2D eigenvalue weighted by Gasteiger charge is -1.98. The molecule has 2 amide bonds. The van der Waals surface area contributed by atoms with Crippen molar-refractivity contribution in [3.63, 3.8) is 0 Å². The summed E-state index contributed by atoms with van der Waals surface area (Å²) < 4.78 is 2.68. The number of imide groups is 1. The molecule has 90 valence electrons. The number of hydrogen-bond donors (Lipinski definition) is 1. The Bertz CT molecular complexity index is 707. The highest BCUT2D eigenvalue weighted by molar-refractivity contribution is 9.10. The highest BCUT2D eigenvalue weighted by atomic mass is 79.9. The van der Waals surface area contributed by atoms with Gasteiger partial charge in [-0.1, -0.05) is 0 Å². The van der Waals surface area contributed by atoms with Gasteiger partial charge in [-0.3, -0.25) is 19.3 Å². The minimum Gasteiger partial charge on any atom is -0.294 e. The van der Waals surface area contributed by atoms with E-state index in [1.165, 1.54) is 0 Å². The monoisotopic (exact) mass is 323 g/mol. The molecule has 0 aliphatic carbocycles. The van der Waals surface area contributed by atoms with Crippen LogP contribution in [-0.4, -0.2) is 20.5 Å². The van der Waals surface area contributed by atoms with Crippen LogP contribution in [0.25, 0.3) is 11.7 Å². The Morgan fingerprint density at radius 2 is 2.22 bits per heavy atom. The van der Waals surface area contributed by atoms with Gasteiger partial charge in [0.1, 0.15) is 10.3 Å². The summed E-state index contributed by atoms with van der Waals surface area (Å²) in [7, 11) is 0. The molecule has 2 aromatic rings. The number of carbonyl (C=O) groups is 2. The number of amides is 2. The third kappa shape index (κ3) is 1.95. The summed E-state index contributed by atoms with van der Waals surface area (Å²) in [6.45, 7) is 0. The Labute approximate surface area is 114 Å². The average molecular weight is 324 g/mol. The van der Waals surface area contributed by atoms with Crippen LogP contribution in [0.3, 0.4) is 0 Å². The standard InChI is InChI=1S/C11H6BrN3O2S/c12-8-4-13-9-2-1-6(5-15(8)9)3-7-10(16)14-11(17)18-7/h1-5H,(H,14,16,17). The number of aromatic nitrogens is 2. The Hall–Kier alpha value is -1.60. The summed E-state index contributed by atoms with van der Waals surface area (Å²) in [5.74, 6) is -0.352. The van der Waals surface area contributed by atoms with Gasteiger partial charge in [-0.2, -0.15) is 0 Å². The number of rotatable bonds is 1. The zero-order chi connectivity index (χ0) is 12.7. The molecule has 1 aliphatic rings. The molecule has 7 heteroatoms. The van der Waals surface area contributed by atoms with Crippen LogP contribution >= 0.6 is 27.7 Å². The summed E-state index contributed by atoms with van der Waals surface area (Å²) in [6, 6.07) is 3.69. The average Bonchev–Trinajstić information content (AvgIpc) is 2.84. The number of pyridine rings is 1. The molecule has 0 spiro atoms. The predicted octanol–water partition coefficient (Wildman–Crippen LogP) is 2.42. The number of carbonyl (C=O) groups excluding carboxylic acids is 2. The van der Waals surface area contributed by atoms with Gasteiger partial charge in [-0.05, 0) is 51.5 Å². The SMILES string of the molecule is O=C1NC(=O)C(=Cc2ccc3ncc(Br)n3c2)S1. The van der Waals surface area contributed by atoms with E-state index in [2.05, 4.69) is 26.2 Å². The summed E-state index contributed by atoms with van der Waals surface area (Å²) in [5.41, 5.74) is 1.64. The van der Waals surface area contributed by atoms with Gasteiger partial charge in [0, 0.05) is 6.20 Å². The summed E-state index contributed by atoms with van der Waals surface area (Å²) in [5, 5.41) is 1.88. The van der Waals surface area contributed by atoms with Crippen molar-refractivity contribution in [1.82, 2.24) is 14.7 Å². The van der Waals surface area contributed by atoms with Crippen LogP contribution in [-0.2, 0) is 4.79 Å². The van der Waals surface area contributed by atoms with Crippen LogP contribution in [0.15, 0.2) is 34.0 Å². The Morgan fingerprint density at radius 1 is 1.39 bits per heavy atom. The zero-order valence-electron chi connectivity index (χ0n) is 8.88. The van der Waals surface area contributed by atoms with Crippen molar-refractivity contribution >= 4 is 50.6 Å². The van der Waals surface area contributed by atoms with Gasteiger partial charge in [0.25, 0.3) is 11.1 Å². The van der Waals surface area contributed by atoms with Crippen LogP contribution in [0.4, 0.5) is 4.79 Å². The van der Waals surface area contributed by atoms with Gasteiger partial charge in [0.05, 0.1) is 11.1 Å². The molecule has 1 aliphatic heterocycles. The van der Waals surface area contributed by atoms with Gasteiger partial charge in [-0.15, -0.1) is 0 Å². The molecule has 1 fully saturated rings. The van der Waals surface area contributed by atoms with Crippen LogP contribution in [0.1, 0.15) is 5.56 Å². The highest BCUT2D eigenvalue weighted by Crippen LogP contribution is 2.25. The number of hydrogen-bond acceptors (Lipinski definition) is 4. The fourth-order valence-electron chi connectivity index (χ4n) is 1.63. The van der Waals surface area contributed by atoms with Crippen molar-refractivity contribution in [1.29, 1.82) is 0 Å². The smallest absolute Gasteiger partial charge is 0.290 e. The lowest BCUT2D eigenvalue weighted by Crippen LogP contribution is -2.17. The lowest BCUT2D eigenvalue weighted by molar-refractivity contribution is -0.115. The third-order valence-electron chi connectivity index (χ3n) is 2.42. The van der Waals surface area contributed by atoms with E-state index in [9.17, 15) is 9.59 Å². The van der Waals surface area contributed by atoms with E-state index in [4.69, 9.17) is 0 Å². The normalized spacial score (nSPS) is 17.7. The molecule has 3 rings (SSSR count). The molecule has 0 atom stereocenters.